The molecule has 0 bridgehead atoms. The molecule has 0 saturated carbocycles. The topological polar surface area (TPSA) is 54.0 Å². The van der Waals surface area contributed by atoms with Gasteiger partial charge in [0.1, 0.15) is 0 Å². The van der Waals surface area contributed by atoms with E-state index in [9.17, 15) is 4.79 Å². The molecule has 1 aliphatic heterocycles. The summed E-state index contributed by atoms with van der Waals surface area (Å²) in [7, 11) is 0. The molecule has 1 aromatic heterocycles. The van der Waals surface area contributed by atoms with E-state index in [1.54, 1.807) is 6.20 Å². The maximum Gasteiger partial charge on any atom is 0.226 e. The number of nitrogens with zero attached hydrogens (tertiary/aromatic N) is 1. The molecule has 19 heavy (non-hydrogen) atoms. The smallest absolute Gasteiger partial charge is 0.226 e. The van der Waals surface area contributed by atoms with Crippen LogP contribution >= 0.6 is 23.7 Å². The lowest BCUT2D eigenvalue weighted by molar-refractivity contribution is -0.117. The summed E-state index contributed by atoms with van der Waals surface area (Å²) >= 11 is 1.53. The van der Waals surface area contributed by atoms with Crippen LogP contribution in [0.15, 0.2) is 6.20 Å². The van der Waals surface area contributed by atoms with E-state index in [0.29, 0.717) is 18.3 Å². The van der Waals surface area contributed by atoms with Gasteiger partial charge in [-0.25, -0.2) is 4.98 Å². The van der Waals surface area contributed by atoms with Gasteiger partial charge in [-0.2, -0.15) is 0 Å². The van der Waals surface area contributed by atoms with Crippen molar-refractivity contribution in [3.63, 3.8) is 0 Å². The minimum atomic E-state index is 0. The molecule has 1 unspecified atom stereocenters. The van der Waals surface area contributed by atoms with Gasteiger partial charge in [0.25, 0.3) is 0 Å². The number of halogens is 1. The Hall–Kier alpha value is -0.650. The van der Waals surface area contributed by atoms with Gasteiger partial charge in [-0.05, 0) is 44.7 Å². The molecular formula is C13H22ClN3OS. The summed E-state index contributed by atoms with van der Waals surface area (Å²) in [6.45, 7) is 6.35. The summed E-state index contributed by atoms with van der Waals surface area (Å²) in [5.41, 5.74) is 0. The Morgan fingerprint density at radius 3 is 2.84 bits per heavy atom. The molecule has 1 saturated heterocycles. The van der Waals surface area contributed by atoms with Gasteiger partial charge in [0.2, 0.25) is 5.91 Å². The van der Waals surface area contributed by atoms with E-state index in [2.05, 4.69) is 22.5 Å². The van der Waals surface area contributed by atoms with Crippen molar-refractivity contribution >= 4 is 34.8 Å². The first-order valence-electron chi connectivity index (χ1n) is 6.58. The molecule has 1 fully saturated rings. The van der Waals surface area contributed by atoms with Crippen LogP contribution < -0.4 is 10.6 Å². The summed E-state index contributed by atoms with van der Waals surface area (Å²) < 4.78 is 0. The molecule has 4 nitrogen and oxygen atoms in total. The molecule has 0 spiro atoms. The number of anilines is 1. The van der Waals surface area contributed by atoms with Gasteiger partial charge in [0, 0.05) is 17.5 Å². The lowest BCUT2D eigenvalue weighted by Crippen LogP contribution is -2.32. The first-order chi connectivity index (χ1) is 8.65. The second-order valence-electron chi connectivity index (χ2n) is 5.09. The van der Waals surface area contributed by atoms with Crippen molar-refractivity contribution < 1.29 is 4.79 Å². The SMILES string of the molecule is Cc1cnc(NC(=O)CC(C)C2CCNCC2)s1.Cl. The van der Waals surface area contributed by atoms with Crippen molar-refractivity contribution in [3.8, 4) is 0 Å². The fourth-order valence-electron chi connectivity index (χ4n) is 2.46. The number of hydrogen-bond donors (Lipinski definition) is 2. The molecule has 2 N–H and O–H groups in total. The zero-order valence-corrected chi connectivity index (χ0v) is 13.1. The molecule has 6 heteroatoms. The van der Waals surface area contributed by atoms with Crippen LogP contribution in [0, 0.1) is 18.8 Å². The molecule has 2 heterocycles. The first kappa shape index (κ1) is 16.4. The number of rotatable bonds is 4. The second-order valence-corrected chi connectivity index (χ2v) is 6.33. The van der Waals surface area contributed by atoms with Gasteiger partial charge in [-0.3, -0.25) is 4.79 Å². The van der Waals surface area contributed by atoms with Crippen molar-refractivity contribution in [2.75, 3.05) is 18.4 Å². The Bertz CT molecular complexity index is 404. The van der Waals surface area contributed by atoms with E-state index in [1.807, 2.05) is 6.92 Å². The van der Waals surface area contributed by atoms with Crippen LogP contribution in [0.3, 0.4) is 0 Å². The fourth-order valence-corrected chi connectivity index (χ4v) is 3.14. The Morgan fingerprint density at radius 1 is 1.58 bits per heavy atom. The van der Waals surface area contributed by atoms with E-state index >= 15 is 0 Å². The highest BCUT2D eigenvalue weighted by molar-refractivity contribution is 7.15. The van der Waals surface area contributed by atoms with E-state index < -0.39 is 0 Å². The minimum Gasteiger partial charge on any atom is -0.317 e. The highest BCUT2D eigenvalue weighted by atomic mass is 35.5. The minimum absolute atomic E-state index is 0. The third kappa shape index (κ3) is 5.09. The van der Waals surface area contributed by atoms with Gasteiger partial charge in [0.05, 0.1) is 0 Å². The zero-order chi connectivity index (χ0) is 13.0. The largest absolute Gasteiger partial charge is 0.317 e. The molecule has 1 amide bonds. The average Bonchev–Trinajstić information content (AvgIpc) is 2.75. The summed E-state index contributed by atoms with van der Waals surface area (Å²) in [6.07, 6.45) is 4.76. The normalized spacial score (nSPS) is 17.6. The molecular weight excluding hydrogens is 282 g/mol. The summed E-state index contributed by atoms with van der Waals surface area (Å²) in [4.78, 5) is 17.2. The van der Waals surface area contributed by atoms with Crippen LogP contribution in [0.5, 0.6) is 0 Å². The maximum atomic E-state index is 11.9. The van der Waals surface area contributed by atoms with E-state index in [4.69, 9.17) is 0 Å². The molecule has 0 aromatic carbocycles. The summed E-state index contributed by atoms with van der Waals surface area (Å²) in [5.74, 6) is 1.22. The third-order valence-electron chi connectivity index (χ3n) is 3.56. The average molecular weight is 304 g/mol. The highest BCUT2D eigenvalue weighted by Gasteiger charge is 2.22. The second kappa shape index (κ2) is 7.82. The van der Waals surface area contributed by atoms with Crippen LogP contribution in [-0.2, 0) is 4.79 Å². The number of thiazole rings is 1. The number of aryl methyl sites for hydroxylation is 1. The van der Waals surface area contributed by atoms with E-state index in [-0.39, 0.29) is 18.3 Å². The number of nitrogens with one attached hydrogen (secondary N) is 2. The number of carbonyl (C=O) groups is 1. The lowest BCUT2D eigenvalue weighted by Gasteiger charge is -2.27. The molecule has 0 radical (unpaired) electrons. The van der Waals surface area contributed by atoms with Crippen LogP contribution in [-0.4, -0.2) is 24.0 Å². The van der Waals surface area contributed by atoms with Crippen molar-refractivity contribution in [1.29, 1.82) is 0 Å². The van der Waals surface area contributed by atoms with Crippen molar-refractivity contribution in [3.05, 3.63) is 11.1 Å². The van der Waals surface area contributed by atoms with Crippen LogP contribution in [0.2, 0.25) is 0 Å². The third-order valence-corrected chi connectivity index (χ3v) is 4.39. The Kier molecular flexibility index (Phi) is 6.75. The molecule has 1 atom stereocenters. The Balaban J connectivity index is 0.00000180. The summed E-state index contributed by atoms with van der Waals surface area (Å²) in [5, 5.41) is 6.96. The monoisotopic (exact) mass is 303 g/mol. The molecule has 2 rings (SSSR count). The van der Waals surface area contributed by atoms with Gasteiger partial charge in [-0.15, -0.1) is 23.7 Å². The lowest BCUT2D eigenvalue weighted by atomic mass is 9.84. The van der Waals surface area contributed by atoms with E-state index in [0.717, 1.165) is 23.1 Å². The van der Waals surface area contributed by atoms with Crippen molar-refractivity contribution in [2.45, 2.75) is 33.1 Å². The van der Waals surface area contributed by atoms with Gasteiger partial charge in [0.15, 0.2) is 5.13 Å². The summed E-state index contributed by atoms with van der Waals surface area (Å²) in [6, 6.07) is 0. The number of hydrogen-bond acceptors (Lipinski definition) is 4. The van der Waals surface area contributed by atoms with E-state index in [1.165, 1.54) is 24.2 Å². The van der Waals surface area contributed by atoms with Gasteiger partial charge < -0.3 is 10.6 Å². The van der Waals surface area contributed by atoms with Crippen LogP contribution in [0.4, 0.5) is 5.13 Å². The predicted molar refractivity (Wildman–Crippen MR) is 82.1 cm³/mol. The van der Waals surface area contributed by atoms with Gasteiger partial charge in [-0.1, -0.05) is 6.92 Å². The predicted octanol–water partition coefficient (Wildman–Crippen LogP) is 2.84. The number of amides is 1. The van der Waals surface area contributed by atoms with Crippen LogP contribution in [0.1, 0.15) is 31.1 Å². The Labute approximate surface area is 124 Å². The Morgan fingerprint density at radius 2 is 2.26 bits per heavy atom. The molecule has 1 aromatic rings. The molecule has 0 aliphatic carbocycles. The van der Waals surface area contributed by atoms with Gasteiger partial charge >= 0.3 is 0 Å². The van der Waals surface area contributed by atoms with Crippen molar-refractivity contribution in [2.24, 2.45) is 11.8 Å². The zero-order valence-electron chi connectivity index (χ0n) is 11.4. The van der Waals surface area contributed by atoms with Crippen molar-refractivity contribution in [1.82, 2.24) is 10.3 Å². The van der Waals surface area contributed by atoms with Crippen LogP contribution in [0.25, 0.3) is 0 Å². The quantitative estimate of drug-likeness (QED) is 0.899. The highest BCUT2D eigenvalue weighted by Crippen LogP contribution is 2.25. The number of aromatic nitrogens is 1. The molecule has 108 valence electrons. The maximum absolute atomic E-state index is 11.9. The first-order valence-corrected chi connectivity index (χ1v) is 7.40. The number of carbonyl (C=O) groups excluding carboxylic acids is 1. The fraction of sp³-hybridized carbons (Fsp3) is 0.692. The number of piperidine rings is 1. The standard InChI is InChI=1S/C13H21N3OS.ClH/c1-9(11-3-5-14-6-4-11)7-12(17)16-13-15-8-10(2)18-13;/h8-9,11,14H,3-7H2,1-2H3,(H,15,16,17);1H. The molecule has 1 aliphatic rings.